The first-order chi connectivity index (χ1) is 17.6. The largest absolute Gasteiger partial charge is 0.493 e. The molecular weight excluding hydrogens is 462 g/mol. The summed E-state index contributed by atoms with van der Waals surface area (Å²) in [6.07, 6.45) is 3.81. The second-order valence-electron chi connectivity index (χ2n) is 9.27. The number of nitrogens with one attached hydrogen (secondary N) is 4. The van der Waals surface area contributed by atoms with Crippen LogP contribution in [0.1, 0.15) is 35.5 Å². The lowest BCUT2D eigenvalue weighted by Gasteiger charge is -2.26. The van der Waals surface area contributed by atoms with Gasteiger partial charge in [-0.25, -0.2) is 14.5 Å². The molecule has 1 aromatic carbocycles. The molecule has 12 heteroatoms. The fourth-order valence-electron chi connectivity index (χ4n) is 4.37. The molecule has 0 unspecified atom stereocenters. The summed E-state index contributed by atoms with van der Waals surface area (Å²) >= 11 is 0. The van der Waals surface area contributed by atoms with Crippen LogP contribution in [0.3, 0.4) is 0 Å². The fourth-order valence-corrected chi connectivity index (χ4v) is 4.37. The topological polar surface area (TPSA) is 148 Å². The van der Waals surface area contributed by atoms with E-state index in [-0.39, 0.29) is 11.9 Å². The molecule has 6 rings (SSSR count). The highest BCUT2D eigenvalue weighted by atomic mass is 16.5. The molecule has 4 heterocycles. The van der Waals surface area contributed by atoms with Gasteiger partial charge < -0.3 is 25.6 Å². The second-order valence-corrected chi connectivity index (χ2v) is 9.27. The van der Waals surface area contributed by atoms with E-state index in [1.165, 1.54) is 5.56 Å². The molecule has 0 bridgehead atoms. The number of fused-ring (bicyclic) bond motifs is 1. The van der Waals surface area contributed by atoms with Gasteiger partial charge in [0, 0.05) is 31.8 Å². The van der Waals surface area contributed by atoms with Crippen molar-refractivity contribution in [1.82, 2.24) is 29.5 Å². The van der Waals surface area contributed by atoms with Crippen LogP contribution in [-0.4, -0.2) is 73.5 Å². The second kappa shape index (κ2) is 9.63. The first-order valence-electron chi connectivity index (χ1n) is 12.2. The molecule has 0 spiro atoms. The predicted octanol–water partition coefficient (Wildman–Crippen LogP) is 0.605. The molecule has 1 aliphatic carbocycles. The van der Waals surface area contributed by atoms with Gasteiger partial charge in [0.25, 0.3) is 0 Å². The van der Waals surface area contributed by atoms with Crippen LogP contribution in [0.4, 0.5) is 5.95 Å². The molecule has 188 valence electrons. The van der Waals surface area contributed by atoms with Gasteiger partial charge in [-0.1, -0.05) is 24.3 Å². The van der Waals surface area contributed by atoms with E-state index >= 15 is 0 Å². The summed E-state index contributed by atoms with van der Waals surface area (Å²) in [4.78, 5) is 33.0. The summed E-state index contributed by atoms with van der Waals surface area (Å²) in [5.41, 5.74) is 6.84. The Morgan fingerprint density at radius 2 is 2.03 bits per heavy atom. The van der Waals surface area contributed by atoms with Crippen LogP contribution in [0.2, 0.25) is 0 Å². The third-order valence-corrected chi connectivity index (χ3v) is 6.39. The molecule has 3 aliphatic rings. The molecule has 0 atom stereocenters. The lowest BCUT2D eigenvalue weighted by molar-refractivity contribution is 0.0342. The third kappa shape index (κ3) is 5.04. The summed E-state index contributed by atoms with van der Waals surface area (Å²) < 4.78 is 7.22. The lowest BCUT2D eigenvalue weighted by Crippen LogP contribution is -2.35. The number of ether oxygens (including phenoxy) is 1. The Bertz CT molecular complexity index is 1410. The number of aromatic hydroxyl groups is 1. The van der Waals surface area contributed by atoms with Crippen LogP contribution in [0.25, 0.3) is 11.6 Å². The fraction of sp³-hybridized carbons (Fsp3) is 0.417. The molecule has 12 nitrogen and oxygen atoms in total. The van der Waals surface area contributed by atoms with Crippen molar-refractivity contribution < 1.29 is 9.84 Å². The van der Waals surface area contributed by atoms with E-state index in [0.717, 1.165) is 56.8 Å². The number of morpholine rings is 1. The minimum atomic E-state index is -0.469. The van der Waals surface area contributed by atoms with Crippen molar-refractivity contribution in [3.8, 4) is 5.88 Å². The van der Waals surface area contributed by atoms with E-state index in [1.807, 2.05) is 0 Å². The molecule has 2 aromatic heterocycles. The number of imidazole rings is 1. The molecule has 1 saturated heterocycles. The minimum Gasteiger partial charge on any atom is -0.493 e. The van der Waals surface area contributed by atoms with Crippen molar-refractivity contribution in [1.29, 1.82) is 0 Å². The van der Waals surface area contributed by atoms with E-state index in [1.54, 1.807) is 10.8 Å². The number of H-pyrrole nitrogens is 2. The van der Waals surface area contributed by atoms with E-state index in [9.17, 15) is 9.90 Å². The molecule has 3 aromatic rings. The number of hydrogen-bond acceptors (Lipinski definition) is 9. The van der Waals surface area contributed by atoms with E-state index in [0.29, 0.717) is 36.2 Å². The van der Waals surface area contributed by atoms with Gasteiger partial charge in [0.1, 0.15) is 5.69 Å². The van der Waals surface area contributed by atoms with Crippen LogP contribution >= 0.6 is 0 Å². The summed E-state index contributed by atoms with van der Waals surface area (Å²) in [7, 11) is 0. The molecule has 2 aliphatic heterocycles. The monoisotopic (exact) mass is 491 g/mol. The van der Waals surface area contributed by atoms with Gasteiger partial charge in [0.2, 0.25) is 17.4 Å². The molecule has 1 saturated carbocycles. The van der Waals surface area contributed by atoms with E-state index in [4.69, 9.17) is 14.7 Å². The number of nitrogens with zero attached hydrogens (tertiary/aromatic N) is 5. The van der Waals surface area contributed by atoms with Gasteiger partial charge >= 0.3 is 5.69 Å². The Morgan fingerprint density at radius 3 is 2.81 bits per heavy atom. The van der Waals surface area contributed by atoms with Gasteiger partial charge in [-0.15, -0.1) is 0 Å². The molecule has 0 radical (unpaired) electrons. The number of anilines is 1. The Kier molecular flexibility index (Phi) is 6.03. The van der Waals surface area contributed by atoms with Crippen molar-refractivity contribution in [2.75, 3.05) is 43.6 Å². The van der Waals surface area contributed by atoms with E-state index < -0.39 is 5.69 Å². The van der Waals surface area contributed by atoms with Crippen LogP contribution in [0.5, 0.6) is 5.88 Å². The van der Waals surface area contributed by atoms with Gasteiger partial charge in [-0.3, -0.25) is 9.88 Å². The van der Waals surface area contributed by atoms with E-state index in [2.05, 4.69) is 54.9 Å². The Labute approximate surface area is 206 Å². The van der Waals surface area contributed by atoms with Crippen molar-refractivity contribution in [2.24, 2.45) is 4.99 Å². The Balaban J connectivity index is 1.25. The van der Waals surface area contributed by atoms with Crippen molar-refractivity contribution in [2.45, 2.75) is 32.0 Å². The van der Waals surface area contributed by atoms with Gasteiger partial charge in [0.05, 0.1) is 25.8 Å². The number of aromatic amines is 2. The van der Waals surface area contributed by atoms with Crippen LogP contribution < -0.4 is 22.1 Å². The number of aromatic nitrogens is 5. The maximum atomic E-state index is 11.5. The summed E-state index contributed by atoms with van der Waals surface area (Å²) in [5, 5.41) is 13.3. The maximum Gasteiger partial charge on any atom is 0.326 e. The van der Waals surface area contributed by atoms with Crippen molar-refractivity contribution in [3.05, 3.63) is 63.0 Å². The normalized spacial score (nSPS) is 19.4. The van der Waals surface area contributed by atoms with Gasteiger partial charge in [0.15, 0.2) is 5.82 Å². The Hall–Kier alpha value is -3.90. The first kappa shape index (κ1) is 22.6. The smallest absolute Gasteiger partial charge is 0.326 e. The van der Waals surface area contributed by atoms with Gasteiger partial charge in [-0.05, 0) is 30.0 Å². The van der Waals surface area contributed by atoms with Crippen LogP contribution in [0, 0.1) is 0 Å². The number of hydrogen-bond donors (Lipinski definition) is 5. The molecular formula is C24H29N9O3. The summed E-state index contributed by atoms with van der Waals surface area (Å²) in [6, 6.07) is 8.80. The number of rotatable bonds is 7. The standard InChI is InChI=1S/C24H29N9O3/c34-21-19(28-24(35)30-21)11-17-13-26-33-20(17)29-22(31-23(33)27-18-4-5-18)25-12-15-2-1-3-16(10-15)14-32-6-8-36-9-7-32/h1-3,10-11,18,26,34H,4-9,12-14H2,(H,25,27,31)(H2,28,30,35)/b17-11+. The predicted molar refractivity (Wildman–Crippen MR) is 134 cm³/mol. The zero-order valence-corrected chi connectivity index (χ0v) is 19.8. The lowest BCUT2D eigenvalue weighted by atomic mass is 10.1. The first-order valence-corrected chi connectivity index (χ1v) is 12.2. The molecule has 2 fully saturated rings. The zero-order chi connectivity index (χ0) is 24.5. The molecule has 36 heavy (non-hydrogen) atoms. The van der Waals surface area contributed by atoms with Crippen molar-refractivity contribution >= 4 is 17.6 Å². The summed E-state index contributed by atoms with van der Waals surface area (Å²) in [6.45, 7) is 5.41. The van der Waals surface area contributed by atoms with Crippen LogP contribution in [0.15, 0.2) is 34.1 Å². The Morgan fingerprint density at radius 1 is 1.19 bits per heavy atom. The molecule has 5 N–H and O–H groups in total. The maximum absolute atomic E-state index is 11.5. The van der Waals surface area contributed by atoms with Crippen LogP contribution in [-0.2, 0) is 17.8 Å². The number of benzene rings is 1. The molecule has 0 amide bonds. The zero-order valence-electron chi connectivity index (χ0n) is 19.8. The average molecular weight is 492 g/mol. The highest BCUT2D eigenvalue weighted by Crippen LogP contribution is 2.24. The average Bonchev–Trinajstić information content (AvgIpc) is 3.51. The highest BCUT2D eigenvalue weighted by molar-refractivity contribution is 5.82. The quantitative estimate of drug-likeness (QED) is 0.323. The van der Waals surface area contributed by atoms with Crippen molar-refractivity contribution in [3.63, 3.8) is 0 Å². The highest BCUT2D eigenvalue weighted by Gasteiger charge is 2.24. The minimum absolute atomic E-state index is 0.210. The summed E-state index contributed by atoms with van der Waals surface area (Å²) in [5.74, 6) is 0.897. The third-order valence-electron chi connectivity index (χ3n) is 6.39. The SMILES string of the molecule is O=c1[nH]c(O)c(/C=C2\CNn3c2nc(NCc2cccc(CN4CCOCC4)c2)nc3=NC2CC2)[nH]1. The van der Waals surface area contributed by atoms with Gasteiger partial charge in [-0.2, -0.15) is 9.97 Å².